The van der Waals surface area contributed by atoms with Gasteiger partial charge in [-0.1, -0.05) is 73.7 Å². The molecule has 0 spiro atoms. The molecule has 2 atom stereocenters. The van der Waals surface area contributed by atoms with E-state index in [0.29, 0.717) is 0 Å². The van der Waals surface area contributed by atoms with Crippen LogP contribution in [0.1, 0.15) is 30.4 Å². The predicted octanol–water partition coefficient (Wildman–Crippen LogP) is 4.83. The molecule has 0 aliphatic carbocycles. The van der Waals surface area contributed by atoms with Crippen LogP contribution in [0.3, 0.4) is 0 Å². The lowest BCUT2D eigenvalue weighted by Crippen LogP contribution is -2.30. The molecular weight excluding hydrogens is 242 g/mol. The fourth-order valence-electron chi connectivity index (χ4n) is 2.83. The van der Waals surface area contributed by atoms with E-state index in [2.05, 4.69) is 31.7 Å². The van der Waals surface area contributed by atoms with Gasteiger partial charge in [-0.25, -0.2) is 0 Å². The van der Waals surface area contributed by atoms with Gasteiger partial charge in [0.25, 0.3) is 0 Å². The number of rotatable bonds is 5. The lowest BCUT2D eigenvalue weighted by atomic mass is 9.67. The third-order valence-electron chi connectivity index (χ3n) is 3.97. The summed E-state index contributed by atoms with van der Waals surface area (Å²) in [5.74, 6) is -0.0129. The van der Waals surface area contributed by atoms with Crippen LogP contribution in [0.15, 0.2) is 73.3 Å². The number of allylic oxidation sites excluding steroid dienone is 1. The summed E-state index contributed by atoms with van der Waals surface area (Å²) in [5.41, 5.74) is 1.62. The molecule has 0 saturated carbocycles. The van der Waals surface area contributed by atoms with Crippen molar-refractivity contribution in [1.82, 2.24) is 0 Å². The van der Waals surface area contributed by atoms with Crippen molar-refractivity contribution in [2.24, 2.45) is 0 Å². The molecule has 0 aromatic heterocycles. The lowest BCUT2D eigenvalue weighted by Gasteiger charge is -2.33. The molecule has 1 nitrogen and oxygen atoms in total. The SMILES string of the molecule is C=CC(c1ccccc1)C(C#N)(CC)c1ccccc1. The zero-order valence-corrected chi connectivity index (χ0v) is 11.8. The zero-order valence-electron chi connectivity index (χ0n) is 11.8. The molecule has 0 bridgehead atoms. The Morgan fingerprint density at radius 1 is 1.10 bits per heavy atom. The normalized spacial score (nSPS) is 14.8. The summed E-state index contributed by atoms with van der Waals surface area (Å²) in [6.45, 7) is 6.04. The molecule has 0 amide bonds. The van der Waals surface area contributed by atoms with Crippen LogP contribution >= 0.6 is 0 Å². The van der Waals surface area contributed by atoms with Crippen LogP contribution in [0.5, 0.6) is 0 Å². The summed E-state index contributed by atoms with van der Waals surface area (Å²) in [6, 6.07) is 22.7. The Morgan fingerprint density at radius 3 is 2.10 bits per heavy atom. The van der Waals surface area contributed by atoms with Crippen LogP contribution in [-0.2, 0) is 5.41 Å². The van der Waals surface area contributed by atoms with Gasteiger partial charge in [-0.3, -0.25) is 0 Å². The topological polar surface area (TPSA) is 23.8 Å². The maximum atomic E-state index is 9.90. The van der Waals surface area contributed by atoms with E-state index in [1.54, 1.807) is 0 Å². The van der Waals surface area contributed by atoms with Gasteiger partial charge in [-0.2, -0.15) is 5.26 Å². The summed E-state index contributed by atoms with van der Waals surface area (Å²) < 4.78 is 0. The minimum Gasteiger partial charge on any atom is -0.197 e. The van der Waals surface area contributed by atoms with E-state index in [1.165, 1.54) is 0 Å². The van der Waals surface area contributed by atoms with Gasteiger partial charge >= 0.3 is 0 Å². The van der Waals surface area contributed by atoms with Crippen LogP contribution in [0.25, 0.3) is 0 Å². The average molecular weight is 261 g/mol. The summed E-state index contributed by atoms with van der Waals surface area (Å²) in [6.07, 6.45) is 2.65. The third kappa shape index (κ3) is 2.38. The maximum absolute atomic E-state index is 9.90. The summed E-state index contributed by atoms with van der Waals surface area (Å²) in [4.78, 5) is 0. The van der Waals surface area contributed by atoms with E-state index in [0.717, 1.165) is 17.5 Å². The van der Waals surface area contributed by atoms with Crippen molar-refractivity contribution in [1.29, 1.82) is 5.26 Å². The molecule has 20 heavy (non-hydrogen) atoms. The molecule has 0 fully saturated rings. The number of benzene rings is 2. The Balaban J connectivity index is 2.58. The molecule has 0 aliphatic rings. The highest BCUT2D eigenvalue weighted by Crippen LogP contribution is 2.42. The predicted molar refractivity (Wildman–Crippen MR) is 83.4 cm³/mol. The quantitative estimate of drug-likeness (QED) is 0.707. The van der Waals surface area contributed by atoms with Crippen LogP contribution < -0.4 is 0 Å². The van der Waals surface area contributed by atoms with E-state index in [9.17, 15) is 5.26 Å². The molecule has 2 aromatic rings. The Hall–Kier alpha value is -2.33. The first kappa shape index (κ1) is 14.1. The van der Waals surface area contributed by atoms with E-state index in [1.807, 2.05) is 54.6 Å². The molecule has 0 saturated heterocycles. The van der Waals surface area contributed by atoms with Gasteiger partial charge in [0.1, 0.15) is 0 Å². The minimum absolute atomic E-state index is 0.0129. The molecule has 2 aromatic carbocycles. The summed E-state index contributed by atoms with van der Waals surface area (Å²) >= 11 is 0. The monoisotopic (exact) mass is 261 g/mol. The smallest absolute Gasteiger partial charge is 0.0922 e. The Bertz CT molecular complexity index is 595. The summed E-state index contributed by atoms with van der Waals surface area (Å²) in [7, 11) is 0. The first-order valence-electron chi connectivity index (χ1n) is 6.92. The second kappa shape index (κ2) is 6.21. The van der Waals surface area contributed by atoms with Crippen LogP contribution in [0, 0.1) is 11.3 Å². The van der Waals surface area contributed by atoms with Gasteiger partial charge < -0.3 is 0 Å². The largest absolute Gasteiger partial charge is 0.197 e. The number of nitriles is 1. The molecular formula is C19H19N. The third-order valence-corrected chi connectivity index (χ3v) is 3.97. The molecule has 2 rings (SSSR count). The molecule has 1 heteroatoms. The highest BCUT2D eigenvalue weighted by Gasteiger charge is 2.38. The molecule has 0 aliphatic heterocycles. The number of nitrogens with zero attached hydrogens (tertiary/aromatic N) is 1. The van der Waals surface area contributed by atoms with Crippen molar-refractivity contribution in [3.05, 3.63) is 84.4 Å². The Morgan fingerprint density at radius 2 is 1.65 bits per heavy atom. The van der Waals surface area contributed by atoms with Crippen LogP contribution in [0.4, 0.5) is 0 Å². The van der Waals surface area contributed by atoms with Crippen molar-refractivity contribution in [2.45, 2.75) is 24.7 Å². The van der Waals surface area contributed by atoms with Crippen molar-refractivity contribution in [3.8, 4) is 6.07 Å². The Labute approximate surface area is 121 Å². The molecule has 2 unspecified atom stereocenters. The zero-order chi connectivity index (χ0) is 14.4. The Kier molecular flexibility index (Phi) is 4.38. The van der Waals surface area contributed by atoms with Gasteiger partial charge in [0.2, 0.25) is 0 Å². The fourth-order valence-corrected chi connectivity index (χ4v) is 2.83. The highest BCUT2D eigenvalue weighted by atomic mass is 14.4. The number of hydrogen-bond donors (Lipinski definition) is 0. The summed E-state index contributed by atoms with van der Waals surface area (Å²) in [5, 5.41) is 9.90. The van der Waals surface area contributed by atoms with Crippen LogP contribution in [0.2, 0.25) is 0 Å². The standard InChI is InChI=1S/C19H19N/c1-3-18(16-11-7-5-8-12-16)19(4-2,15-20)17-13-9-6-10-14-17/h3,5-14,18H,1,4H2,2H3. The average Bonchev–Trinajstić information content (AvgIpc) is 2.54. The van der Waals surface area contributed by atoms with Crippen LogP contribution in [-0.4, -0.2) is 0 Å². The van der Waals surface area contributed by atoms with Gasteiger partial charge in [-0.05, 0) is 17.5 Å². The van der Waals surface area contributed by atoms with Gasteiger partial charge in [0.15, 0.2) is 0 Å². The molecule has 0 radical (unpaired) electrons. The van der Waals surface area contributed by atoms with Crippen molar-refractivity contribution in [2.75, 3.05) is 0 Å². The molecule has 0 N–H and O–H groups in total. The van der Waals surface area contributed by atoms with E-state index < -0.39 is 5.41 Å². The van der Waals surface area contributed by atoms with Gasteiger partial charge in [-0.15, -0.1) is 6.58 Å². The van der Waals surface area contributed by atoms with Gasteiger partial charge in [0.05, 0.1) is 11.5 Å². The van der Waals surface area contributed by atoms with Crippen molar-refractivity contribution < 1.29 is 0 Å². The fraction of sp³-hybridized carbons (Fsp3) is 0.211. The first-order chi connectivity index (χ1) is 9.78. The van der Waals surface area contributed by atoms with Crippen molar-refractivity contribution >= 4 is 0 Å². The van der Waals surface area contributed by atoms with Crippen molar-refractivity contribution in [3.63, 3.8) is 0 Å². The first-order valence-corrected chi connectivity index (χ1v) is 6.92. The van der Waals surface area contributed by atoms with E-state index in [4.69, 9.17) is 0 Å². The molecule has 0 heterocycles. The number of hydrogen-bond acceptors (Lipinski definition) is 1. The minimum atomic E-state index is -0.565. The van der Waals surface area contributed by atoms with E-state index in [-0.39, 0.29) is 5.92 Å². The molecule has 100 valence electrons. The lowest BCUT2D eigenvalue weighted by molar-refractivity contribution is 0.477. The second-order valence-corrected chi connectivity index (χ2v) is 4.93. The maximum Gasteiger partial charge on any atom is 0.0922 e. The van der Waals surface area contributed by atoms with E-state index >= 15 is 0 Å². The highest BCUT2D eigenvalue weighted by molar-refractivity contribution is 5.42. The van der Waals surface area contributed by atoms with Gasteiger partial charge in [0, 0.05) is 5.92 Å². The second-order valence-electron chi connectivity index (χ2n) is 4.93.